The number of carbonyl (C=O) groups is 2. The number of hydrogen-bond acceptors (Lipinski definition) is 4. The summed E-state index contributed by atoms with van der Waals surface area (Å²) in [7, 11) is 0. The molecule has 0 radical (unpaired) electrons. The fraction of sp³-hybridized carbons (Fsp3) is 0.130. The van der Waals surface area contributed by atoms with Gasteiger partial charge in [0.25, 0.3) is 11.8 Å². The molecule has 0 saturated carbocycles. The van der Waals surface area contributed by atoms with Crippen molar-refractivity contribution in [2.75, 3.05) is 10.6 Å². The van der Waals surface area contributed by atoms with Crippen LogP contribution in [0.3, 0.4) is 0 Å². The van der Waals surface area contributed by atoms with E-state index >= 15 is 0 Å². The van der Waals surface area contributed by atoms with Gasteiger partial charge in [0.1, 0.15) is 11.5 Å². The van der Waals surface area contributed by atoms with Gasteiger partial charge in [0.2, 0.25) is 0 Å². The van der Waals surface area contributed by atoms with Gasteiger partial charge in [0.15, 0.2) is 5.75 Å². The molecular formula is C23H19ClN2O4. The zero-order chi connectivity index (χ0) is 21.3. The molecule has 7 heteroatoms. The minimum atomic E-state index is -0.350. The van der Waals surface area contributed by atoms with Crippen molar-refractivity contribution in [3.63, 3.8) is 0 Å². The summed E-state index contributed by atoms with van der Waals surface area (Å²) in [4.78, 5) is 25.2. The molecule has 30 heavy (non-hydrogen) atoms. The average Bonchev–Trinajstić information content (AvgIpc) is 2.83. The quantitative estimate of drug-likeness (QED) is 0.562. The number of nitrogens with one attached hydrogen (secondary N) is 2. The van der Waals surface area contributed by atoms with E-state index < -0.39 is 0 Å². The molecular weight excluding hydrogens is 404 g/mol. The third-order valence-corrected chi connectivity index (χ3v) is 4.62. The molecule has 3 aromatic rings. The second-order valence-electron chi connectivity index (χ2n) is 7.05. The van der Waals surface area contributed by atoms with Crippen LogP contribution < -0.4 is 20.1 Å². The van der Waals surface area contributed by atoms with Crippen LogP contribution in [0.25, 0.3) is 0 Å². The zero-order valence-corrected chi connectivity index (χ0v) is 17.1. The van der Waals surface area contributed by atoms with Gasteiger partial charge in [-0.05, 0) is 74.5 Å². The zero-order valence-electron chi connectivity index (χ0n) is 16.4. The van der Waals surface area contributed by atoms with E-state index in [0.29, 0.717) is 44.8 Å². The molecule has 152 valence electrons. The minimum Gasteiger partial charge on any atom is -0.491 e. The highest BCUT2D eigenvalue weighted by Gasteiger charge is 2.22. The number of anilines is 2. The third-order valence-electron chi connectivity index (χ3n) is 4.38. The fourth-order valence-corrected chi connectivity index (χ4v) is 3.20. The molecule has 0 saturated heterocycles. The predicted molar refractivity (Wildman–Crippen MR) is 116 cm³/mol. The van der Waals surface area contributed by atoms with Gasteiger partial charge < -0.3 is 20.1 Å². The first-order chi connectivity index (χ1) is 14.4. The van der Waals surface area contributed by atoms with Crippen LogP contribution in [0.5, 0.6) is 17.2 Å². The van der Waals surface area contributed by atoms with Crippen LogP contribution in [-0.2, 0) is 0 Å². The molecule has 0 aromatic heterocycles. The summed E-state index contributed by atoms with van der Waals surface area (Å²) in [6, 6.07) is 16.8. The molecule has 0 spiro atoms. The normalized spacial score (nSPS) is 12.2. The number of benzene rings is 3. The Morgan fingerprint density at radius 3 is 2.50 bits per heavy atom. The standard InChI is InChI=1S/C23H19ClN2O4/c1-13(2)29-17-7-3-14(4-8-17)22(27)25-16-6-10-20-18(12-16)23(28)26-19-11-15(24)5-9-21(19)30-20/h3-13H,1-2H3,(H,25,27)(H,26,28). The van der Waals surface area contributed by atoms with Gasteiger partial charge in [0.05, 0.1) is 17.4 Å². The van der Waals surface area contributed by atoms with Gasteiger partial charge in [-0.15, -0.1) is 0 Å². The lowest BCUT2D eigenvalue weighted by molar-refractivity contribution is 0.101. The first-order valence-corrected chi connectivity index (χ1v) is 9.78. The summed E-state index contributed by atoms with van der Waals surface area (Å²) < 4.78 is 11.4. The summed E-state index contributed by atoms with van der Waals surface area (Å²) in [5, 5.41) is 6.07. The van der Waals surface area contributed by atoms with E-state index in [1.165, 1.54) is 0 Å². The number of ether oxygens (including phenoxy) is 2. The van der Waals surface area contributed by atoms with Gasteiger partial charge >= 0.3 is 0 Å². The monoisotopic (exact) mass is 422 g/mol. The second-order valence-corrected chi connectivity index (χ2v) is 7.49. The molecule has 0 bridgehead atoms. The van der Waals surface area contributed by atoms with Gasteiger partial charge in [-0.25, -0.2) is 0 Å². The van der Waals surface area contributed by atoms with Crippen LogP contribution in [0.2, 0.25) is 5.02 Å². The van der Waals surface area contributed by atoms with Crippen molar-refractivity contribution in [2.45, 2.75) is 20.0 Å². The van der Waals surface area contributed by atoms with Crippen LogP contribution >= 0.6 is 11.6 Å². The number of hydrogen-bond donors (Lipinski definition) is 2. The third kappa shape index (κ3) is 4.23. The summed E-state index contributed by atoms with van der Waals surface area (Å²) >= 11 is 6.00. The Morgan fingerprint density at radius 1 is 1.03 bits per heavy atom. The van der Waals surface area contributed by atoms with E-state index in [0.717, 1.165) is 0 Å². The summed E-state index contributed by atoms with van der Waals surface area (Å²) in [5.74, 6) is 0.933. The Kier molecular flexibility index (Phi) is 5.33. The Balaban J connectivity index is 1.53. The lowest BCUT2D eigenvalue weighted by atomic mass is 10.1. The highest BCUT2D eigenvalue weighted by atomic mass is 35.5. The van der Waals surface area contributed by atoms with Crippen molar-refractivity contribution >= 4 is 34.8 Å². The maximum absolute atomic E-state index is 12.7. The lowest BCUT2D eigenvalue weighted by Gasteiger charge is -2.11. The Labute approximate surface area is 178 Å². The number of rotatable bonds is 4. The minimum absolute atomic E-state index is 0.0554. The van der Waals surface area contributed by atoms with Crippen LogP contribution in [0.15, 0.2) is 60.7 Å². The maximum atomic E-state index is 12.7. The maximum Gasteiger partial charge on any atom is 0.259 e. The summed E-state index contributed by atoms with van der Waals surface area (Å²) in [6.45, 7) is 3.87. The van der Waals surface area contributed by atoms with Crippen molar-refractivity contribution in [3.8, 4) is 17.2 Å². The molecule has 0 fully saturated rings. The molecule has 0 unspecified atom stereocenters. The predicted octanol–water partition coefficient (Wildman–Crippen LogP) is 5.74. The fourth-order valence-electron chi connectivity index (χ4n) is 3.03. The van der Waals surface area contributed by atoms with Crippen LogP contribution in [0, 0.1) is 0 Å². The Hall–Kier alpha value is -3.51. The molecule has 6 nitrogen and oxygen atoms in total. The highest BCUT2D eigenvalue weighted by molar-refractivity contribution is 6.31. The average molecular weight is 423 g/mol. The van der Waals surface area contributed by atoms with Crippen molar-refractivity contribution in [1.29, 1.82) is 0 Å². The molecule has 4 rings (SSSR count). The smallest absolute Gasteiger partial charge is 0.259 e. The van der Waals surface area contributed by atoms with Crippen LogP contribution in [-0.4, -0.2) is 17.9 Å². The number of carbonyl (C=O) groups excluding carboxylic acids is 2. The molecule has 0 aliphatic carbocycles. The molecule has 2 amide bonds. The number of halogens is 1. The topological polar surface area (TPSA) is 76.7 Å². The van der Waals surface area contributed by atoms with Crippen LogP contribution in [0.1, 0.15) is 34.6 Å². The van der Waals surface area contributed by atoms with Gasteiger partial charge in [-0.3, -0.25) is 9.59 Å². The number of fused-ring (bicyclic) bond motifs is 2. The van der Waals surface area contributed by atoms with E-state index in [9.17, 15) is 9.59 Å². The van der Waals surface area contributed by atoms with E-state index in [1.54, 1.807) is 60.7 Å². The van der Waals surface area contributed by atoms with Gasteiger partial charge in [-0.1, -0.05) is 11.6 Å². The molecule has 1 aliphatic rings. The van der Waals surface area contributed by atoms with Crippen molar-refractivity contribution < 1.29 is 19.1 Å². The van der Waals surface area contributed by atoms with Gasteiger partial charge in [-0.2, -0.15) is 0 Å². The van der Waals surface area contributed by atoms with E-state index in [-0.39, 0.29) is 17.9 Å². The molecule has 0 atom stereocenters. The second kappa shape index (κ2) is 8.08. The molecule has 1 heterocycles. The Bertz CT molecular complexity index is 1130. The first kappa shape index (κ1) is 19.8. The number of amides is 2. The first-order valence-electron chi connectivity index (χ1n) is 9.40. The summed E-state index contributed by atoms with van der Waals surface area (Å²) in [6.07, 6.45) is 0.0554. The van der Waals surface area contributed by atoms with Crippen molar-refractivity contribution in [3.05, 3.63) is 76.8 Å². The van der Waals surface area contributed by atoms with E-state index in [4.69, 9.17) is 21.1 Å². The molecule has 3 aromatic carbocycles. The molecule has 1 aliphatic heterocycles. The van der Waals surface area contributed by atoms with Crippen molar-refractivity contribution in [2.24, 2.45) is 0 Å². The lowest BCUT2D eigenvalue weighted by Crippen LogP contribution is -2.14. The highest BCUT2D eigenvalue weighted by Crippen LogP contribution is 2.38. The largest absolute Gasteiger partial charge is 0.491 e. The SMILES string of the molecule is CC(C)Oc1ccc(C(=O)Nc2ccc3c(c2)C(=O)Nc2cc(Cl)ccc2O3)cc1. The summed E-state index contributed by atoms with van der Waals surface area (Å²) in [5.41, 5.74) is 1.74. The Morgan fingerprint density at radius 2 is 1.77 bits per heavy atom. The van der Waals surface area contributed by atoms with Gasteiger partial charge in [0, 0.05) is 16.3 Å². The van der Waals surface area contributed by atoms with Crippen LogP contribution in [0.4, 0.5) is 11.4 Å². The molecule has 2 N–H and O–H groups in total. The van der Waals surface area contributed by atoms with Crippen molar-refractivity contribution in [1.82, 2.24) is 0 Å². The van der Waals surface area contributed by atoms with E-state index in [2.05, 4.69) is 10.6 Å². The van der Waals surface area contributed by atoms with E-state index in [1.807, 2.05) is 13.8 Å².